The second kappa shape index (κ2) is 5.36. The molecule has 90 valence electrons. The van der Waals surface area contributed by atoms with E-state index < -0.39 is 17.6 Å². The van der Waals surface area contributed by atoms with Crippen molar-refractivity contribution in [1.82, 2.24) is 0 Å². The maximum atomic E-state index is 13.1. The van der Waals surface area contributed by atoms with Crippen LogP contribution < -0.4 is 0 Å². The van der Waals surface area contributed by atoms with E-state index in [-0.39, 0.29) is 12.1 Å². The first-order valence-electron chi connectivity index (χ1n) is 4.49. The van der Waals surface area contributed by atoms with Crippen LogP contribution in [0.3, 0.4) is 0 Å². The van der Waals surface area contributed by atoms with E-state index in [0.717, 1.165) is 12.1 Å². The molecule has 0 unspecified atom stereocenters. The van der Waals surface area contributed by atoms with Gasteiger partial charge in [-0.3, -0.25) is 0 Å². The van der Waals surface area contributed by atoms with Crippen molar-refractivity contribution in [2.75, 3.05) is 6.54 Å². The second-order valence-corrected chi connectivity index (χ2v) is 3.05. The summed E-state index contributed by atoms with van der Waals surface area (Å²) < 4.78 is 49.7. The van der Waals surface area contributed by atoms with Gasteiger partial charge in [0.1, 0.15) is 5.82 Å². The molecule has 0 N–H and O–H groups in total. The number of alkyl halides is 3. The highest BCUT2D eigenvalue weighted by molar-refractivity contribution is 5.50. The van der Waals surface area contributed by atoms with E-state index in [0.29, 0.717) is 6.07 Å². The van der Waals surface area contributed by atoms with Gasteiger partial charge in [-0.15, -0.1) is 0 Å². The molecule has 0 saturated carbocycles. The minimum absolute atomic E-state index is 0.0547. The van der Waals surface area contributed by atoms with Crippen molar-refractivity contribution >= 4 is 6.08 Å². The van der Waals surface area contributed by atoms with Gasteiger partial charge in [-0.1, -0.05) is 23.3 Å². The van der Waals surface area contributed by atoms with Crippen LogP contribution in [-0.4, -0.2) is 6.54 Å². The third-order valence-electron chi connectivity index (χ3n) is 1.86. The van der Waals surface area contributed by atoms with Crippen LogP contribution >= 0.6 is 0 Å². The lowest BCUT2D eigenvalue weighted by atomic mass is 10.1. The van der Waals surface area contributed by atoms with E-state index in [2.05, 4.69) is 10.0 Å². The fraction of sp³-hybridized carbons (Fsp3) is 0.200. The van der Waals surface area contributed by atoms with Gasteiger partial charge in [0.25, 0.3) is 0 Å². The van der Waals surface area contributed by atoms with Crippen molar-refractivity contribution in [3.05, 3.63) is 51.7 Å². The molecule has 0 heterocycles. The average Bonchev–Trinajstić information content (AvgIpc) is 2.23. The molecule has 0 radical (unpaired) electrons. The lowest BCUT2D eigenvalue weighted by molar-refractivity contribution is -0.140. The first-order valence-corrected chi connectivity index (χ1v) is 4.49. The van der Waals surface area contributed by atoms with Crippen LogP contribution in [0.25, 0.3) is 16.5 Å². The van der Waals surface area contributed by atoms with Crippen LogP contribution in [0.2, 0.25) is 0 Å². The zero-order valence-electron chi connectivity index (χ0n) is 8.45. The molecule has 0 fully saturated rings. The standard InChI is InChI=1S/C10H7F4N3/c11-9-6-7(2-1-5-16-17-15)3-4-8(9)10(12,13)14/h1-4,6H,5H2. The molecule has 0 spiro atoms. The van der Waals surface area contributed by atoms with Crippen molar-refractivity contribution in [2.24, 2.45) is 5.11 Å². The minimum Gasteiger partial charge on any atom is -0.206 e. The summed E-state index contributed by atoms with van der Waals surface area (Å²) in [4.78, 5) is 2.48. The number of benzene rings is 1. The quantitative estimate of drug-likeness (QED) is 0.332. The predicted octanol–water partition coefficient (Wildman–Crippen LogP) is 4.17. The molecule has 0 aromatic heterocycles. The Bertz CT molecular complexity index is 473. The summed E-state index contributed by atoms with van der Waals surface area (Å²) in [5.74, 6) is -1.33. The molecule has 0 aliphatic heterocycles. The zero-order chi connectivity index (χ0) is 12.9. The number of nitrogens with zero attached hydrogens (tertiary/aromatic N) is 3. The van der Waals surface area contributed by atoms with Gasteiger partial charge in [-0.05, 0) is 23.2 Å². The monoisotopic (exact) mass is 245 g/mol. The highest BCUT2D eigenvalue weighted by Gasteiger charge is 2.33. The van der Waals surface area contributed by atoms with Crippen LogP contribution in [0.15, 0.2) is 29.4 Å². The smallest absolute Gasteiger partial charge is 0.206 e. The molecule has 0 atom stereocenters. The zero-order valence-corrected chi connectivity index (χ0v) is 8.45. The molecule has 17 heavy (non-hydrogen) atoms. The Morgan fingerprint density at radius 1 is 1.35 bits per heavy atom. The maximum Gasteiger partial charge on any atom is 0.419 e. The Balaban J connectivity index is 2.89. The molecule has 0 aliphatic carbocycles. The maximum absolute atomic E-state index is 13.1. The molecule has 0 bridgehead atoms. The first kappa shape index (κ1) is 13.1. The van der Waals surface area contributed by atoms with Crippen LogP contribution in [0.4, 0.5) is 17.6 Å². The Morgan fingerprint density at radius 3 is 2.59 bits per heavy atom. The van der Waals surface area contributed by atoms with E-state index >= 15 is 0 Å². The van der Waals surface area contributed by atoms with Crippen LogP contribution in [0.5, 0.6) is 0 Å². The van der Waals surface area contributed by atoms with Crippen molar-refractivity contribution in [1.29, 1.82) is 0 Å². The van der Waals surface area contributed by atoms with Crippen LogP contribution in [0.1, 0.15) is 11.1 Å². The average molecular weight is 245 g/mol. The Hall–Kier alpha value is -2.01. The van der Waals surface area contributed by atoms with E-state index in [1.54, 1.807) is 0 Å². The molecule has 0 amide bonds. The molecule has 3 nitrogen and oxygen atoms in total. The van der Waals surface area contributed by atoms with Gasteiger partial charge in [0.05, 0.1) is 5.56 Å². The Labute approximate surface area is 94.0 Å². The molecule has 7 heteroatoms. The van der Waals surface area contributed by atoms with Gasteiger partial charge in [-0.2, -0.15) is 13.2 Å². The van der Waals surface area contributed by atoms with E-state index in [4.69, 9.17) is 5.53 Å². The van der Waals surface area contributed by atoms with Gasteiger partial charge in [0.15, 0.2) is 0 Å². The van der Waals surface area contributed by atoms with Crippen molar-refractivity contribution in [3.8, 4) is 0 Å². The fourth-order valence-corrected chi connectivity index (χ4v) is 1.14. The molecule has 0 aliphatic rings. The van der Waals surface area contributed by atoms with Gasteiger partial charge >= 0.3 is 6.18 Å². The largest absolute Gasteiger partial charge is 0.419 e. The van der Waals surface area contributed by atoms with Gasteiger partial charge in [-0.25, -0.2) is 4.39 Å². The number of azide groups is 1. The summed E-state index contributed by atoms with van der Waals surface area (Å²) in [6.07, 6.45) is -1.91. The molecule has 1 rings (SSSR count). The van der Waals surface area contributed by atoms with E-state index in [1.165, 1.54) is 12.2 Å². The first-order chi connectivity index (χ1) is 7.95. The van der Waals surface area contributed by atoms with Gasteiger partial charge < -0.3 is 0 Å². The van der Waals surface area contributed by atoms with E-state index in [9.17, 15) is 17.6 Å². The third kappa shape index (κ3) is 3.81. The normalized spacial score (nSPS) is 11.5. The van der Waals surface area contributed by atoms with E-state index in [1.807, 2.05) is 0 Å². The Kier molecular flexibility index (Phi) is 4.12. The van der Waals surface area contributed by atoms with Crippen molar-refractivity contribution < 1.29 is 17.6 Å². The van der Waals surface area contributed by atoms with Crippen molar-refractivity contribution in [2.45, 2.75) is 6.18 Å². The third-order valence-corrected chi connectivity index (χ3v) is 1.86. The molecular formula is C10H7F4N3. The SMILES string of the molecule is [N-]=[N+]=NCC=Cc1ccc(C(F)(F)F)c(F)c1. The number of hydrogen-bond acceptors (Lipinski definition) is 1. The summed E-state index contributed by atoms with van der Waals surface area (Å²) in [6.45, 7) is 0.0547. The highest BCUT2D eigenvalue weighted by Crippen LogP contribution is 2.31. The second-order valence-electron chi connectivity index (χ2n) is 3.05. The summed E-state index contributed by atoms with van der Waals surface area (Å²) in [5, 5.41) is 3.19. The summed E-state index contributed by atoms with van der Waals surface area (Å²) in [6, 6.07) is 2.58. The van der Waals surface area contributed by atoms with Crippen LogP contribution in [-0.2, 0) is 6.18 Å². The lowest BCUT2D eigenvalue weighted by Gasteiger charge is -2.07. The molecule has 1 aromatic carbocycles. The fourth-order valence-electron chi connectivity index (χ4n) is 1.14. The van der Waals surface area contributed by atoms with Gasteiger partial charge in [0.2, 0.25) is 0 Å². The predicted molar refractivity (Wildman–Crippen MR) is 54.4 cm³/mol. The summed E-state index contributed by atoms with van der Waals surface area (Å²) >= 11 is 0. The number of hydrogen-bond donors (Lipinski definition) is 0. The summed E-state index contributed by atoms with van der Waals surface area (Å²) in [5.41, 5.74) is 6.94. The molecular weight excluding hydrogens is 238 g/mol. The number of halogens is 4. The topological polar surface area (TPSA) is 48.8 Å². The summed E-state index contributed by atoms with van der Waals surface area (Å²) in [7, 11) is 0. The molecule has 1 aromatic rings. The highest BCUT2D eigenvalue weighted by atomic mass is 19.4. The minimum atomic E-state index is -4.70. The van der Waals surface area contributed by atoms with Crippen LogP contribution in [0, 0.1) is 5.82 Å². The lowest BCUT2D eigenvalue weighted by Crippen LogP contribution is -2.07. The Morgan fingerprint density at radius 2 is 2.06 bits per heavy atom. The van der Waals surface area contributed by atoms with Crippen molar-refractivity contribution in [3.63, 3.8) is 0 Å². The molecule has 0 saturated heterocycles. The van der Waals surface area contributed by atoms with Gasteiger partial charge in [0, 0.05) is 11.5 Å². The number of rotatable bonds is 3.